The molecule has 0 radical (unpaired) electrons. The van der Waals surface area contributed by atoms with E-state index in [1.54, 1.807) is 0 Å². The third kappa shape index (κ3) is 5.50. The van der Waals surface area contributed by atoms with Gasteiger partial charge in [0.15, 0.2) is 7.14 Å². The van der Waals surface area contributed by atoms with Gasteiger partial charge in [-0.3, -0.25) is 8.98 Å². The number of hydrogen-bond donors (Lipinski definition) is 0. The van der Waals surface area contributed by atoms with Crippen molar-refractivity contribution in [1.82, 2.24) is 0 Å². The zero-order chi connectivity index (χ0) is 22.9. The molecule has 5 unspecified atom stereocenters. The molecule has 8 nitrogen and oxygen atoms in total. The van der Waals surface area contributed by atoms with Crippen LogP contribution in [0.15, 0.2) is 60.7 Å². The Morgan fingerprint density at radius 1 is 1.03 bits per heavy atom. The molecule has 1 saturated heterocycles. The maximum atomic E-state index is 11.6. The molecule has 172 valence electrons. The van der Waals surface area contributed by atoms with Gasteiger partial charge in [0.2, 0.25) is 0 Å². The quantitative estimate of drug-likeness (QED) is 0.176. The summed E-state index contributed by atoms with van der Waals surface area (Å²) in [6.45, 7) is 0. The van der Waals surface area contributed by atoms with E-state index in [1.165, 1.54) is 7.14 Å². The van der Waals surface area contributed by atoms with Gasteiger partial charge < -0.3 is 9.29 Å². The van der Waals surface area contributed by atoms with Crippen molar-refractivity contribution in [3.8, 4) is 0 Å². The highest BCUT2D eigenvalue weighted by molar-refractivity contribution is 7.87. The number of hydrogen-bond acceptors (Lipinski definition) is 8. The molecule has 32 heavy (non-hydrogen) atoms. The first-order chi connectivity index (χ1) is 15.1. The molecule has 0 amide bonds. The van der Waals surface area contributed by atoms with Crippen molar-refractivity contribution in [3.63, 3.8) is 0 Å². The molecule has 11 heteroatoms. The standard InChI is InChI=1S/C12H10I.C9H12O8S2/c1-3-7-11(8-4-1)13-12-9-5-2-6-10-12;10-7(3-18(11,12)13)16-8-4-1-5-6(2-4)19(14,15)17-9(5)8/h1-10H;4-6,8-9H,1-3H2,(H,11,12,13)/q+1;/p-1. The van der Waals surface area contributed by atoms with E-state index in [1.807, 2.05) is 0 Å². The molecule has 0 aromatic heterocycles. The summed E-state index contributed by atoms with van der Waals surface area (Å²) in [4.78, 5) is 11.3. The van der Waals surface area contributed by atoms with Crippen molar-refractivity contribution >= 4 is 26.2 Å². The number of carbonyl (C=O) groups is 1. The van der Waals surface area contributed by atoms with Crippen LogP contribution in [0.5, 0.6) is 0 Å². The van der Waals surface area contributed by atoms with Crippen LogP contribution in [-0.2, 0) is 34.0 Å². The Hall–Kier alpha value is -1.54. The summed E-state index contributed by atoms with van der Waals surface area (Å²) in [5.74, 6) is -2.74. The molecule has 5 atom stereocenters. The molecule has 2 bridgehead atoms. The first-order valence-corrected chi connectivity index (χ1v) is 15.1. The predicted octanol–water partition coefficient (Wildman–Crippen LogP) is -1.60. The van der Waals surface area contributed by atoms with Gasteiger partial charge in [-0.05, 0) is 37.1 Å². The zero-order valence-electron chi connectivity index (χ0n) is 16.7. The van der Waals surface area contributed by atoms with Gasteiger partial charge in [-0.1, -0.05) is 36.4 Å². The van der Waals surface area contributed by atoms with Crippen LogP contribution in [0.1, 0.15) is 12.8 Å². The number of esters is 1. The second-order valence-electron chi connectivity index (χ2n) is 7.83. The number of rotatable bonds is 5. The molecule has 3 aliphatic rings. The SMILES string of the molecule is O=C(CS(=O)(=O)[O-])OC1C2CC3C1OS(=O)(=O)C3C2.c1ccc([I+]c2ccccc2)cc1. The van der Waals surface area contributed by atoms with E-state index in [0.717, 1.165) is 0 Å². The van der Waals surface area contributed by atoms with Gasteiger partial charge in [-0.25, -0.2) is 8.42 Å². The monoisotopic (exact) mass is 592 g/mol. The second-order valence-corrected chi connectivity index (χ2v) is 14.0. The van der Waals surface area contributed by atoms with Crippen molar-refractivity contribution in [2.24, 2.45) is 11.8 Å². The highest BCUT2D eigenvalue weighted by Crippen LogP contribution is 2.55. The minimum Gasteiger partial charge on any atom is -0.748 e. The van der Waals surface area contributed by atoms with E-state index in [9.17, 15) is 26.2 Å². The van der Waals surface area contributed by atoms with Gasteiger partial charge in [0.25, 0.3) is 10.1 Å². The number of halogens is 1. The third-order valence-corrected chi connectivity index (χ3v) is 10.7. The lowest BCUT2D eigenvalue weighted by molar-refractivity contribution is -0.597. The van der Waals surface area contributed by atoms with Crippen molar-refractivity contribution < 1.29 is 56.3 Å². The summed E-state index contributed by atoms with van der Waals surface area (Å²) in [6, 6.07) is 21.4. The second kappa shape index (κ2) is 9.37. The molecule has 0 N–H and O–H groups in total. The Kier molecular flexibility index (Phi) is 6.92. The molecule has 1 aliphatic heterocycles. The minimum atomic E-state index is -4.70. The fraction of sp³-hybridized carbons (Fsp3) is 0.381. The maximum absolute atomic E-state index is 11.6. The summed E-state index contributed by atoms with van der Waals surface area (Å²) in [6.07, 6.45) is -0.567. The van der Waals surface area contributed by atoms with Gasteiger partial charge in [0.1, 0.15) is 28.1 Å². The molecular formula is C21H21IO8S2. The Bertz CT molecular complexity index is 1130. The lowest BCUT2D eigenvalue weighted by atomic mass is 9.94. The molecule has 1 heterocycles. The van der Waals surface area contributed by atoms with Crippen LogP contribution < -0.4 is 21.2 Å². The maximum Gasteiger partial charge on any atom is 0.357 e. The van der Waals surface area contributed by atoms with Crippen molar-refractivity contribution in [2.45, 2.75) is 30.3 Å². The summed E-state index contributed by atoms with van der Waals surface area (Å²) in [5.41, 5.74) is 0. The Morgan fingerprint density at radius 2 is 1.59 bits per heavy atom. The fourth-order valence-corrected chi connectivity index (χ4v) is 8.96. The highest BCUT2D eigenvalue weighted by atomic mass is 127. The average Bonchev–Trinajstić information content (AvgIpc) is 3.33. The van der Waals surface area contributed by atoms with Crippen LogP contribution in [0.25, 0.3) is 0 Å². The molecule has 0 spiro atoms. The number of benzene rings is 2. The van der Waals surface area contributed by atoms with Crippen molar-refractivity contribution in [3.05, 3.63) is 67.8 Å². The molecule has 2 saturated carbocycles. The van der Waals surface area contributed by atoms with E-state index >= 15 is 0 Å². The summed E-state index contributed by atoms with van der Waals surface area (Å²) in [7, 11) is -8.30. The van der Waals surface area contributed by atoms with Crippen LogP contribution in [0.2, 0.25) is 0 Å². The Balaban J connectivity index is 0.000000165. The zero-order valence-corrected chi connectivity index (χ0v) is 20.5. The van der Waals surface area contributed by atoms with E-state index < -0.39 is 49.4 Å². The van der Waals surface area contributed by atoms with Crippen LogP contribution in [0, 0.1) is 19.0 Å². The van der Waals surface area contributed by atoms with Crippen LogP contribution in [0.4, 0.5) is 0 Å². The van der Waals surface area contributed by atoms with Crippen molar-refractivity contribution in [2.75, 3.05) is 5.75 Å². The van der Waals surface area contributed by atoms with Gasteiger partial charge >= 0.3 is 27.2 Å². The summed E-state index contributed by atoms with van der Waals surface area (Å²) < 4.78 is 67.5. The third-order valence-electron chi connectivity index (χ3n) is 5.66. The molecule has 2 aromatic carbocycles. The van der Waals surface area contributed by atoms with E-state index in [2.05, 4.69) is 60.7 Å². The molecule has 5 rings (SSSR count). The van der Waals surface area contributed by atoms with Crippen molar-refractivity contribution in [1.29, 1.82) is 0 Å². The number of ether oxygens (including phenoxy) is 1. The number of fused-ring (bicyclic) bond motifs is 1. The normalized spacial score (nSPS) is 29.2. The number of carbonyl (C=O) groups excluding carboxylic acids is 1. The van der Waals surface area contributed by atoms with Gasteiger partial charge in [0, 0.05) is 11.8 Å². The molecular weight excluding hydrogens is 571 g/mol. The smallest absolute Gasteiger partial charge is 0.357 e. The first kappa shape index (κ1) is 23.6. The first-order valence-electron chi connectivity index (χ1n) is 9.92. The topological polar surface area (TPSA) is 127 Å². The average molecular weight is 592 g/mol. The summed E-state index contributed by atoms with van der Waals surface area (Å²) in [5, 5.41) is -0.541. The predicted molar refractivity (Wildman–Crippen MR) is 109 cm³/mol. The largest absolute Gasteiger partial charge is 0.748 e. The lowest BCUT2D eigenvalue weighted by Crippen LogP contribution is -3.61. The van der Waals surface area contributed by atoms with E-state index in [0.29, 0.717) is 12.8 Å². The van der Waals surface area contributed by atoms with Gasteiger partial charge in [-0.15, -0.1) is 0 Å². The lowest BCUT2D eigenvalue weighted by Gasteiger charge is -2.25. The van der Waals surface area contributed by atoms with E-state index in [-0.39, 0.29) is 33.0 Å². The van der Waals surface area contributed by atoms with Gasteiger partial charge in [0.05, 0.1) is 5.25 Å². The molecule has 2 aliphatic carbocycles. The van der Waals surface area contributed by atoms with Crippen LogP contribution in [0.3, 0.4) is 0 Å². The fourth-order valence-electron chi connectivity index (χ4n) is 4.46. The van der Waals surface area contributed by atoms with Crippen LogP contribution >= 0.6 is 0 Å². The summed E-state index contributed by atoms with van der Waals surface area (Å²) >= 11 is 0.0287. The Morgan fingerprint density at radius 3 is 2.12 bits per heavy atom. The molecule has 3 fully saturated rings. The minimum absolute atomic E-state index is 0.0287. The Labute approximate surface area is 197 Å². The molecule has 2 aromatic rings. The van der Waals surface area contributed by atoms with E-state index in [4.69, 9.17) is 8.92 Å². The van der Waals surface area contributed by atoms with Crippen LogP contribution in [-0.4, -0.2) is 50.6 Å². The highest BCUT2D eigenvalue weighted by Gasteiger charge is 2.65. The van der Waals surface area contributed by atoms with Gasteiger partial charge in [-0.2, -0.15) is 8.42 Å².